The Morgan fingerprint density at radius 2 is 2.23 bits per heavy atom. The van der Waals surface area contributed by atoms with Crippen LogP contribution in [0.1, 0.15) is 25.1 Å². The van der Waals surface area contributed by atoms with Crippen LogP contribution in [0.2, 0.25) is 0 Å². The summed E-state index contributed by atoms with van der Waals surface area (Å²) in [6.45, 7) is 2.89. The quantitative estimate of drug-likeness (QED) is 0.692. The van der Waals surface area contributed by atoms with Crippen LogP contribution in [0.15, 0.2) is 12.4 Å². The number of aromatic amines is 1. The van der Waals surface area contributed by atoms with Gasteiger partial charge in [0.1, 0.15) is 12.4 Å². The lowest BCUT2D eigenvalue weighted by atomic mass is 10.2. The molecule has 1 aromatic rings. The lowest BCUT2D eigenvalue weighted by Crippen LogP contribution is -2.36. The topological polar surface area (TPSA) is 67.2 Å². The number of nitriles is 2. The van der Waals surface area contributed by atoms with Crippen molar-refractivity contribution in [3.8, 4) is 12.1 Å². The normalized spacial score (nSPS) is 9.54. The van der Waals surface area contributed by atoms with Crippen molar-refractivity contribution in [3.63, 3.8) is 0 Å². The summed E-state index contributed by atoms with van der Waals surface area (Å²) in [5, 5.41) is 17.4. The van der Waals surface area contributed by atoms with Gasteiger partial charge in [-0.25, -0.2) is 9.55 Å². The fourth-order valence-corrected chi connectivity index (χ4v) is 1.21. The van der Waals surface area contributed by atoms with Crippen LogP contribution < -0.4 is 4.57 Å². The molecule has 0 aromatic carbocycles. The van der Waals surface area contributed by atoms with Gasteiger partial charge < -0.3 is 0 Å². The molecule has 0 spiro atoms. The highest BCUT2D eigenvalue weighted by Gasteiger charge is 2.21. The Hall–Kier alpha value is -1.81. The van der Waals surface area contributed by atoms with E-state index in [0.29, 0.717) is 5.82 Å². The average molecular weight is 175 g/mol. The number of aryl methyl sites for hydroxylation is 1. The average Bonchev–Trinajstić information content (AvgIpc) is 2.57. The molecule has 66 valence electrons. The van der Waals surface area contributed by atoms with Gasteiger partial charge in [0.2, 0.25) is 5.92 Å². The number of nitrogens with one attached hydrogen (secondary N) is 1. The third-order valence-electron chi connectivity index (χ3n) is 1.79. The van der Waals surface area contributed by atoms with Gasteiger partial charge in [-0.1, -0.05) is 6.92 Å². The first-order valence-corrected chi connectivity index (χ1v) is 4.19. The van der Waals surface area contributed by atoms with Crippen molar-refractivity contribution in [1.29, 1.82) is 10.5 Å². The Balaban J connectivity index is 2.95. The van der Waals surface area contributed by atoms with E-state index in [2.05, 4.69) is 11.9 Å². The van der Waals surface area contributed by atoms with E-state index in [1.807, 2.05) is 22.9 Å². The fourth-order valence-electron chi connectivity index (χ4n) is 1.21. The third kappa shape index (κ3) is 1.86. The zero-order valence-electron chi connectivity index (χ0n) is 7.49. The van der Waals surface area contributed by atoms with Crippen LogP contribution in [-0.4, -0.2) is 4.98 Å². The Morgan fingerprint density at radius 3 is 2.77 bits per heavy atom. The summed E-state index contributed by atoms with van der Waals surface area (Å²) in [4.78, 5) is 2.91. The molecule has 0 amide bonds. The third-order valence-corrected chi connectivity index (χ3v) is 1.79. The van der Waals surface area contributed by atoms with Crippen LogP contribution in [0, 0.1) is 22.7 Å². The number of imidazole rings is 1. The molecule has 1 heterocycles. The van der Waals surface area contributed by atoms with Gasteiger partial charge in [-0.15, -0.1) is 0 Å². The first-order chi connectivity index (χ1) is 6.33. The second-order valence-electron chi connectivity index (χ2n) is 2.73. The Morgan fingerprint density at radius 1 is 1.54 bits per heavy atom. The highest BCUT2D eigenvalue weighted by atomic mass is 15.1. The van der Waals surface area contributed by atoms with Gasteiger partial charge in [0, 0.05) is 0 Å². The van der Waals surface area contributed by atoms with Crippen LogP contribution in [0.5, 0.6) is 0 Å². The van der Waals surface area contributed by atoms with E-state index >= 15 is 0 Å². The van der Waals surface area contributed by atoms with Gasteiger partial charge in [0.25, 0.3) is 5.82 Å². The molecule has 0 radical (unpaired) electrons. The Labute approximate surface area is 77.0 Å². The SMILES string of the molecule is CCC[n+]1cc[nH]c1C(C#N)C#N. The molecule has 1 aromatic heterocycles. The molecular weight excluding hydrogens is 164 g/mol. The minimum Gasteiger partial charge on any atom is -0.245 e. The zero-order chi connectivity index (χ0) is 9.68. The summed E-state index contributed by atoms with van der Waals surface area (Å²) in [5.74, 6) is -0.0200. The van der Waals surface area contributed by atoms with Crippen LogP contribution in [-0.2, 0) is 6.54 Å². The molecule has 13 heavy (non-hydrogen) atoms. The second kappa shape index (κ2) is 4.27. The first kappa shape index (κ1) is 9.28. The lowest BCUT2D eigenvalue weighted by molar-refractivity contribution is -0.703. The smallest absolute Gasteiger partial charge is 0.245 e. The molecule has 4 heteroatoms. The van der Waals surface area contributed by atoms with Crippen molar-refractivity contribution in [3.05, 3.63) is 18.2 Å². The summed E-state index contributed by atoms with van der Waals surface area (Å²) in [7, 11) is 0. The van der Waals surface area contributed by atoms with E-state index in [0.717, 1.165) is 13.0 Å². The van der Waals surface area contributed by atoms with Crippen LogP contribution in [0.25, 0.3) is 0 Å². The maximum Gasteiger partial charge on any atom is 0.286 e. The standard InChI is InChI=1S/C9H10N4/c1-2-4-13-5-3-12-9(13)8(6-10)7-11/h3,5,8H,2,4H2,1H3/p+1. The molecule has 0 saturated carbocycles. The van der Waals surface area contributed by atoms with Gasteiger partial charge in [-0.2, -0.15) is 10.5 Å². The van der Waals surface area contributed by atoms with Crippen molar-refractivity contribution in [2.24, 2.45) is 0 Å². The molecule has 0 fully saturated rings. The maximum atomic E-state index is 8.68. The van der Waals surface area contributed by atoms with E-state index in [1.54, 1.807) is 6.20 Å². The molecule has 0 unspecified atom stereocenters. The van der Waals surface area contributed by atoms with Gasteiger partial charge in [-0.05, 0) is 6.42 Å². The van der Waals surface area contributed by atoms with Crippen molar-refractivity contribution in [2.45, 2.75) is 25.8 Å². The number of nitrogens with zero attached hydrogens (tertiary/aromatic N) is 3. The number of rotatable bonds is 3. The van der Waals surface area contributed by atoms with E-state index in [-0.39, 0.29) is 0 Å². The summed E-state index contributed by atoms with van der Waals surface area (Å²) >= 11 is 0. The predicted molar refractivity (Wildman–Crippen MR) is 45.2 cm³/mol. The molecule has 4 nitrogen and oxygen atoms in total. The van der Waals surface area contributed by atoms with Gasteiger partial charge in [0.05, 0.1) is 18.7 Å². The van der Waals surface area contributed by atoms with Crippen LogP contribution in [0.3, 0.4) is 0 Å². The summed E-state index contributed by atoms with van der Waals surface area (Å²) in [6.07, 6.45) is 4.58. The summed E-state index contributed by atoms with van der Waals surface area (Å²) in [6, 6.07) is 3.88. The van der Waals surface area contributed by atoms with E-state index in [1.165, 1.54) is 0 Å². The summed E-state index contributed by atoms with van der Waals surface area (Å²) in [5.41, 5.74) is 0. The van der Waals surface area contributed by atoms with Crippen LogP contribution in [0.4, 0.5) is 0 Å². The molecule has 0 atom stereocenters. The van der Waals surface area contributed by atoms with Gasteiger partial charge in [0.15, 0.2) is 0 Å². The summed E-state index contributed by atoms with van der Waals surface area (Å²) < 4.78 is 1.90. The zero-order valence-corrected chi connectivity index (χ0v) is 7.49. The highest BCUT2D eigenvalue weighted by Crippen LogP contribution is 2.05. The molecular formula is C9H11N4+. The molecule has 0 saturated heterocycles. The molecule has 0 aliphatic heterocycles. The number of hydrogen-bond acceptors (Lipinski definition) is 2. The van der Waals surface area contributed by atoms with Gasteiger partial charge >= 0.3 is 0 Å². The van der Waals surface area contributed by atoms with Crippen molar-refractivity contribution < 1.29 is 4.57 Å². The minimum absolute atomic E-state index is 0.673. The van der Waals surface area contributed by atoms with Gasteiger partial charge in [-0.3, -0.25) is 0 Å². The number of hydrogen-bond donors (Lipinski definition) is 1. The highest BCUT2D eigenvalue weighted by molar-refractivity contribution is 5.15. The lowest BCUT2D eigenvalue weighted by Gasteiger charge is -1.97. The van der Waals surface area contributed by atoms with Crippen LogP contribution >= 0.6 is 0 Å². The van der Waals surface area contributed by atoms with Crippen molar-refractivity contribution >= 4 is 0 Å². The first-order valence-electron chi connectivity index (χ1n) is 4.19. The molecule has 1 rings (SSSR count). The molecule has 1 N–H and O–H groups in total. The number of aromatic nitrogens is 2. The van der Waals surface area contributed by atoms with E-state index in [9.17, 15) is 0 Å². The minimum atomic E-state index is -0.693. The Kier molecular flexibility index (Phi) is 3.05. The maximum absolute atomic E-state index is 8.68. The second-order valence-corrected chi connectivity index (χ2v) is 2.73. The molecule has 0 aliphatic carbocycles. The predicted octanol–water partition coefficient (Wildman–Crippen LogP) is 0.843. The fraction of sp³-hybridized carbons (Fsp3) is 0.444. The molecule has 0 bridgehead atoms. The Bertz CT molecular complexity index is 338. The van der Waals surface area contributed by atoms with Crippen molar-refractivity contribution in [2.75, 3.05) is 0 Å². The monoisotopic (exact) mass is 175 g/mol. The molecule has 0 aliphatic rings. The van der Waals surface area contributed by atoms with E-state index in [4.69, 9.17) is 10.5 Å². The van der Waals surface area contributed by atoms with Crippen molar-refractivity contribution in [1.82, 2.24) is 4.98 Å². The van der Waals surface area contributed by atoms with E-state index < -0.39 is 5.92 Å². The largest absolute Gasteiger partial charge is 0.286 e. The number of H-pyrrole nitrogens is 1.